The van der Waals surface area contributed by atoms with Crippen molar-refractivity contribution in [2.75, 3.05) is 13.7 Å². The second-order valence-corrected chi connectivity index (χ2v) is 6.74. The van der Waals surface area contributed by atoms with Crippen LogP contribution in [0.25, 0.3) is 0 Å². The average molecular weight is 366 g/mol. The third-order valence-electron chi connectivity index (χ3n) is 3.89. The van der Waals surface area contributed by atoms with E-state index in [0.29, 0.717) is 34.5 Å². The maximum atomic E-state index is 13.7. The van der Waals surface area contributed by atoms with E-state index in [4.69, 9.17) is 21.1 Å². The minimum atomic E-state index is -0.293. The van der Waals surface area contributed by atoms with Gasteiger partial charge in [0, 0.05) is 23.2 Å². The summed E-state index contributed by atoms with van der Waals surface area (Å²) >= 11 is 6.36. The van der Waals surface area contributed by atoms with Crippen LogP contribution in [-0.2, 0) is 13.2 Å². The van der Waals surface area contributed by atoms with Gasteiger partial charge in [0.2, 0.25) is 0 Å². The van der Waals surface area contributed by atoms with Gasteiger partial charge in [-0.1, -0.05) is 43.6 Å². The quantitative estimate of drug-likeness (QED) is 0.619. The first-order valence-corrected chi connectivity index (χ1v) is 8.82. The zero-order chi connectivity index (χ0) is 18.2. The minimum Gasteiger partial charge on any atom is -0.493 e. The molecule has 1 N–H and O–H groups in total. The van der Waals surface area contributed by atoms with Gasteiger partial charge in [0.25, 0.3) is 0 Å². The molecule has 0 radical (unpaired) electrons. The summed E-state index contributed by atoms with van der Waals surface area (Å²) in [6.45, 7) is 6.10. The van der Waals surface area contributed by atoms with Gasteiger partial charge in [0.15, 0.2) is 11.5 Å². The molecule has 0 bridgehead atoms. The van der Waals surface area contributed by atoms with Crippen LogP contribution in [0.5, 0.6) is 11.5 Å². The maximum Gasteiger partial charge on any atom is 0.163 e. The van der Waals surface area contributed by atoms with E-state index < -0.39 is 0 Å². The topological polar surface area (TPSA) is 30.5 Å². The van der Waals surface area contributed by atoms with Gasteiger partial charge in [-0.2, -0.15) is 0 Å². The summed E-state index contributed by atoms with van der Waals surface area (Å²) in [5.74, 6) is 1.45. The van der Waals surface area contributed by atoms with E-state index in [0.717, 1.165) is 18.5 Å². The number of benzene rings is 2. The molecule has 5 heteroatoms. The smallest absolute Gasteiger partial charge is 0.163 e. The zero-order valence-electron chi connectivity index (χ0n) is 14.9. The highest BCUT2D eigenvalue weighted by atomic mass is 35.5. The molecule has 0 spiro atoms. The van der Waals surface area contributed by atoms with Gasteiger partial charge in [0.05, 0.1) is 7.11 Å². The molecule has 0 saturated carbocycles. The Kier molecular flexibility index (Phi) is 7.53. The molecule has 2 aromatic carbocycles. The molecule has 25 heavy (non-hydrogen) atoms. The number of rotatable bonds is 9. The van der Waals surface area contributed by atoms with Gasteiger partial charge >= 0.3 is 0 Å². The van der Waals surface area contributed by atoms with E-state index >= 15 is 0 Å². The minimum absolute atomic E-state index is 0.116. The van der Waals surface area contributed by atoms with Crippen molar-refractivity contribution in [2.24, 2.45) is 5.92 Å². The number of ether oxygens (including phenoxy) is 2. The monoisotopic (exact) mass is 365 g/mol. The molecule has 136 valence electrons. The first kappa shape index (κ1) is 19.5. The van der Waals surface area contributed by atoms with Gasteiger partial charge in [-0.25, -0.2) is 4.39 Å². The number of hydrogen-bond acceptors (Lipinski definition) is 3. The van der Waals surface area contributed by atoms with Gasteiger partial charge < -0.3 is 14.8 Å². The zero-order valence-corrected chi connectivity index (χ0v) is 15.7. The molecule has 0 aliphatic carbocycles. The molecule has 3 nitrogen and oxygen atoms in total. The summed E-state index contributed by atoms with van der Waals surface area (Å²) < 4.78 is 24.8. The fraction of sp³-hybridized carbons (Fsp3) is 0.400. The lowest BCUT2D eigenvalue weighted by atomic mass is 10.1. The molecule has 0 aliphatic rings. The standard InChI is InChI=1S/C20H25ClFNO2/c1-14(2)8-9-23-12-16-10-19(24-3)20(11-17(16)21)25-13-15-6-4-5-7-18(15)22/h4-7,10-11,14,23H,8-9,12-13H2,1-3H3. The predicted octanol–water partition coefficient (Wildman–Crippen LogP) is 5.20. The van der Waals surface area contributed by atoms with Crippen LogP contribution in [0.2, 0.25) is 5.02 Å². The molecule has 2 rings (SSSR count). The van der Waals surface area contributed by atoms with E-state index in [2.05, 4.69) is 19.2 Å². The summed E-state index contributed by atoms with van der Waals surface area (Å²) in [5.41, 5.74) is 1.43. The van der Waals surface area contributed by atoms with E-state index in [1.165, 1.54) is 6.07 Å². The summed E-state index contributed by atoms with van der Waals surface area (Å²) in [4.78, 5) is 0. The van der Waals surface area contributed by atoms with Crippen LogP contribution in [0.15, 0.2) is 36.4 Å². The lowest BCUT2D eigenvalue weighted by molar-refractivity contribution is 0.279. The van der Waals surface area contributed by atoms with Gasteiger partial charge in [-0.15, -0.1) is 0 Å². The maximum absolute atomic E-state index is 13.7. The van der Waals surface area contributed by atoms with Crippen molar-refractivity contribution >= 4 is 11.6 Å². The molecule has 0 atom stereocenters. The summed E-state index contributed by atoms with van der Waals surface area (Å²) in [5, 5.41) is 3.98. The second-order valence-electron chi connectivity index (χ2n) is 6.33. The Bertz CT molecular complexity index is 691. The van der Waals surface area contributed by atoms with Crippen molar-refractivity contribution in [2.45, 2.75) is 33.4 Å². The Hall–Kier alpha value is -1.78. The average Bonchev–Trinajstić information content (AvgIpc) is 2.59. The predicted molar refractivity (Wildman–Crippen MR) is 99.9 cm³/mol. The van der Waals surface area contributed by atoms with Crippen LogP contribution in [0.1, 0.15) is 31.4 Å². The van der Waals surface area contributed by atoms with Crippen LogP contribution in [-0.4, -0.2) is 13.7 Å². The summed E-state index contributed by atoms with van der Waals surface area (Å²) in [7, 11) is 1.58. The Labute approximate surface area is 154 Å². The van der Waals surface area contributed by atoms with E-state index in [1.807, 2.05) is 6.07 Å². The Balaban J connectivity index is 2.04. The Morgan fingerprint density at radius 1 is 1.12 bits per heavy atom. The first-order chi connectivity index (χ1) is 12.0. The van der Waals surface area contributed by atoms with Crippen molar-refractivity contribution < 1.29 is 13.9 Å². The van der Waals surface area contributed by atoms with Crippen molar-refractivity contribution in [3.63, 3.8) is 0 Å². The van der Waals surface area contributed by atoms with Gasteiger partial charge in [-0.3, -0.25) is 0 Å². The second kappa shape index (κ2) is 9.64. The highest BCUT2D eigenvalue weighted by Gasteiger charge is 2.12. The fourth-order valence-corrected chi connectivity index (χ4v) is 2.59. The number of nitrogens with one attached hydrogen (secondary N) is 1. The van der Waals surface area contributed by atoms with E-state index in [-0.39, 0.29) is 12.4 Å². The van der Waals surface area contributed by atoms with Crippen LogP contribution >= 0.6 is 11.6 Å². The fourth-order valence-electron chi connectivity index (χ4n) is 2.37. The van der Waals surface area contributed by atoms with Gasteiger partial charge in [0.1, 0.15) is 12.4 Å². The molecular weight excluding hydrogens is 341 g/mol. The number of halogens is 2. The molecule has 0 aromatic heterocycles. The number of methoxy groups -OCH3 is 1. The van der Waals surface area contributed by atoms with Crippen molar-refractivity contribution in [3.05, 3.63) is 58.4 Å². The van der Waals surface area contributed by atoms with E-state index in [9.17, 15) is 4.39 Å². The van der Waals surface area contributed by atoms with Crippen LogP contribution in [0.3, 0.4) is 0 Å². The van der Waals surface area contributed by atoms with Crippen molar-refractivity contribution in [1.29, 1.82) is 0 Å². The van der Waals surface area contributed by atoms with Crippen molar-refractivity contribution in [1.82, 2.24) is 5.32 Å². The molecule has 0 unspecified atom stereocenters. The number of hydrogen-bond donors (Lipinski definition) is 1. The SMILES string of the molecule is COc1cc(CNCCC(C)C)c(Cl)cc1OCc1ccccc1F. The molecule has 0 heterocycles. The third kappa shape index (κ3) is 5.91. The Morgan fingerprint density at radius 3 is 2.56 bits per heavy atom. The van der Waals surface area contributed by atoms with Crippen LogP contribution < -0.4 is 14.8 Å². The lowest BCUT2D eigenvalue weighted by Gasteiger charge is -2.15. The van der Waals surface area contributed by atoms with Crippen LogP contribution in [0, 0.1) is 11.7 Å². The van der Waals surface area contributed by atoms with Crippen LogP contribution in [0.4, 0.5) is 4.39 Å². The molecule has 0 aliphatic heterocycles. The normalized spacial score (nSPS) is 11.0. The molecule has 0 fully saturated rings. The molecule has 0 saturated heterocycles. The third-order valence-corrected chi connectivity index (χ3v) is 4.24. The Morgan fingerprint density at radius 2 is 1.88 bits per heavy atom. The first-order valence-electron chi connectivity index (χ1n) is 8.44. The lowest BCUT2D eigenvalue weighted by Crippen LogP contribution is -2.16. The summed E-state index contributed by atoms with van der Waals surface area (Å²) in [6, 6.07) is 10.1. The highest BCUT2D eigenvalue weighted by molar-refractivity contribution is 6.31. The van der Waals surface area contributed by atoms with E-state index in [1.54, 1.807) is 31.4 Å². The highest BCUT2D eigenvalue weighted by Crippen LogP contribution is 2.34. The molecule has 0 amide bonds. The summed E-state index contributed by atoms with van der Waals surface area (Å²) in [6.07, 6.45) is 1.11. The largest absolute Gasteiger partial charge is 0.493 e. The van der Waals surface area contributed by atoms with Gasteiger partial charge in [-0.05, 0) is 36.6 Å². The molecular formula is C20H25ClFNO2. The van der Waals surface area contributed by atoms with Crippen molar-refractivity contribution in [3.8, 4) is 11.5 Å². The molecule has 2 aromatic rings.